The van der Waals surface area contributed by atoms with Crippen LogP contribution >= 0.6 is 12.2 Å². The van der Waals surface area contributed by atoms with Gasteiger partial charge in [0.1, 0.15) is 5.75 Å². The van der Waals surface area contributed by atoms with Gasteiger partial charge in [-0.1, -0.05) is 38.2 Å². The van der Waals surface area contributed by atoms with Crippen molar-refractivity contribution in [2.45, 2.75) is 39.5 Å². The first kappa shape index (κ1) is 14.0. The molecule has 0 unspecified atom stereocenters. The van der Waals surface area contributed by atoms with Gasteiger partial charge in [0.05, 0.1) is 11.6 Å². The van der Waals surface area contributed by atoms with E-state index in [0.717, 1.165) is 18.6 Å². The van der Waals surface area contributed by atoms with Crippen LogP contribution in [0.15, 0.2) is 18.2 Å². The highest BCUT2D eigenvalue weighted by Gasteiger charge is 2.04. The lowest BCUT2D eigenvalue weighted by Gasteiger charge is -2.12. The minimum Gasteiger partial charge on any atom is -0.493 e. The van der Waals surface area contributed by atoms with Crippen molar-refractivity contribution in [3.8, 4) is 5.75 Å². The standard InChI is InChI=1S/C14H21NOS/c1-10(2)12-7-6-11(3)13(9-12)16-8-4-5-14(15)17/h6-7,9-10H,4-5,8H2,1-3H3,(H2,15,17). The van der Waals surface area contributed by atoms with Gasteiger partial charge in [-0.2, -0.15) is 0 Å². The first-order valence-electron chi connectivity index (χ1n) is 6.02. The van der Waals surface area contributed by atoms with Crippen molar-refractivity contribution in [1.29, 1.82) is 0 Å². The van der Waals surface area contributed by atoms with Crippen LogP contribution in [0.25, 0.3) is 0 Å². The zero-order valence-electron chi connectivity index (χ0n) is 10.8. The van der Waals surface area contributed by atoms with Gasteiger partial charge in [0.25, 0.3) is 0 Å². The van der Waals surface area contributed by atoms with Gasteiger partial charge in [-0.3, -0.25) is 0 Å². The van der Waals surface area contributed by atoms with Gasteiger partial charge >= 0.3 is 0 Å². The molecule has 0 radical (unpaired) electrons. The Morgan fingerprint density at radius 1 is 1.41 bits per heavy atom. The van der Waals surface area contributed by atoms with Crippen LogP contribution in [0.1, 0.15) is 43.7 Å². The Balaban J connectivity index is 2.57. The second-order valence-electron chi connectivity index (χ2n) is 4.60. The van der Waals surface area contributed by atoms with E-state index in [-0.39, 0.29) is 0 Å². The molecule has 0 spiro atoms. The Hall–Kier alpha value is -1.09. The number of hydrogen-bond acceptors (Lipinski definition) is 2. The van der Waals surface area contributed by atoms with E-state index in [9.17, 15) is 0 Å². The first-order valence-corrected chi connectivity index (χ1v) is 6.43. The van der Waals surface area contributed by atoms with Crippen LogP contribution in [-0.4, -0.2) is 11.6 Å². The van der Waals surface area contributed by atoms with Crippen molar-refractivity contribution >= 4 is 17.2 Å². The van der Waals surface area contributed by atoms with E-state index in [0.29, 0.717) is 17.5 Å². The Kier molecular flexibility index (Phi) is 5.42. The smallest absolute Gasteiger partial charge is 0.122 e. The molecular weight excluding hydrogens is 230 g/mol. The summed E-state index contributed by atoms with van der Waals surface area (Å²) in [6.07, 6.45) is 1.62. The number of nitrogens with two attached hydrogens (primary N) is 1. The third-order valence-corrected chi connectivity index (χ3v) is 2.91. The first-order chi connectivity index (χ1) is 8.00. The van der Waals surface area contributed by atoms with Crippen molar-refractivity contribution in [1.82, 2.24) is 0 Å². The van der Waals surface area contributed by atoms with Gasteiger partial charge in [0, 0.05) is 6.42 Å². The summed E-state index contributed by atoms with van der Waals surface area (Å²) in [6.45, 7) is 7.09. The molecule has 1 aromatic rings. The number of benzene rings is 1. The summed E-state index contributed by atoms with van der Waals surface area (Å²) in [5.74, 6) is 1.49. The minimum absolute atomic E-state index is 0.523. The maximum Gasteiger partial charge on any atom is 0.122 e. The monoisotopic (exact) mass is 251 g/mol. The summed E-state index contributed by atoms with van der Waals surface area (Å²) in [4.78, 5) is 0.557. The second kappa shape index (κ2) is 6.60. The van der Waals surface area contributed by atoms with Crippen LogP contribution in [-0.2, 0) is 0 Å². The van der Waals surface area contributed by atoms with E-state index >= 15 is 0 Å². The largest absolute Gasteiger partial charge is 0.493 e. The van der Waals surface area contributed by atoms with Gasteiger partial charge < -0.3 is 10.5 Å². The lowest BCUT2D eigenvalue weighted by Crippen LogP contribution is -2.09. The zero-order valence-corrected chi connectivity index (χ0v) is 11.6. The van der Waals surface area contributed by atoms with E-state index in [1.807, 2.05) is 0 Å². The summed E-state index contributed by atoms with van der Waals surface area (Å²) < 4.78 is 5.76. The number of rotatable bonds is 6. The number of thiocarbonyl (C=S) groups is 1. The molecule has 0 aliphatic carbocycles. The lowest BCUT2D eigenvalue weighted by molar-refractivity contribution is 0.311. The Labute approximate surface area is 109 Å². The molecule has 0 aliphatic heterocycles. The topological polar surface area (TPSA) is 35.2 Å². The van der Waals surface area contributed by atoms with Crippen LogP contribution in [0.4, 0.5) is 0 Å². The van der Waals surface area contributed by atoms with Crippen LogP contribution in [0.2, 0.25) is 0 Å². The van der Waals surface area contributed by atoms with E-state index in [2.05, 4.69) is 39.0 Å². The SMILES string of the molecule is Cc1ccc(C(C)C)cc1OCCCC(N)=S. The highest BCUT2D eigenvalue weighted by atomic mass is 32.1. The second-order valence-corrected chi connectivity index (χ2v) is 5.12. The van der Waals surface area contributed by atoms with E-state index in [1.165, 1.54) is 11.1 Å². The number of aryl methyl sites for hydroxylation is 1. The van der Waals surface area contributed by atoms with Crippen LogP contribution in [0.5, 0.6) is 5.75 Å². The highest BCUT2D eigenvalue weighted by Crippen LogP contribution is 2.24. The van der Waals surface area contributed by atoms with E-state index < -0.39 is 0 Å². The normalized spacial score (nSPS) is 10.6. The molecule has 1 aromatic carbocycles. The van der Waals surface area contributed by atoms with Crippen molar-refractivity contribution in [3.63, 3.8) is 0 Å². The van der Waals surface area contributed by atoms with Crippen molar-refractivity contribution in [3.05, 3.63) is 29.3 Å². The molecule has 0 saturated heterocycles. The average molecular weight is 251 g/mol. The molecular formula is C14H21NOS. The van der Waals surface area contributed by atoms with Gasteiger partial charge in [-0.25, -0.2) is 0 Å². The zero-order chi connectivity index (χ0) is 12.8. The molecule has 0 aromatic heterocycles. The maximum atomic E-state index is 5.76. The molecule has 2 nitrogen and oxygen atoms in total. The van der Waals surface area contributed by atoms with Crippen molar-refractivity contribution < 1.29 is 4.74 Å². The number of ether oxygens (including phenoxy) is 1. The van der Waals surface area contributed by atoms with Gasteiger partial charge in [0.2, 0.25) is 0 Å². The van der Waals surface area contributed by atoms with Gasteiger partial charge in [-0.15, -0.1) is 0 Å². The molecule has 0 heterocycles. The van der Waals surface area contributed by atoms with Gasteiger partial charge in [-0.05, 0) is 36.5 Å². The molecule has 0 bridgehead atoms. The Bertz CT molecular complexity index is 388. The van der Waals surface area contributed by atoms with Crippen LogP contribution < -0.4 is 10.5 Å². The fraction of sp³-hybridized carbons (Fsp3) is 0.500. The molecule has 0 amide bonds. The molecule has 2 N–H and O–H groups in total. The predicted octanol–water partition coefficient (Wildman–Crippen LogP) is 3.56. The summed E-state index contributed by atoms with van der Waals surface area (Å²) in [7, 11) is 0. The lowest BCUT2D eigenvalue weighted by atomic mass is 10.0. The van der Waals surface area contributed by atoms with E-state index in [4.69, 9.17) is 22.7 Å². The molecule has 94 valence electrons. The molecule has 17 heavy (non-hydrogen) atoms. The highest BCUT2D eigenvalue weighted by molar-refractivity contribution is 7.80. The third kappa shape index (κ3) is 4.73. The van der Waals surface area contributed by atoms with Crippen LogP contribution in [0, 0.1) is 6.92 Å². The maximum absolute atomic E-state index is 5.76. The summed E-state index contributed by atoms with van der Waals surface area (Å²) in [5, 5.41) is 0. The summed E-state index contributed by atoms with van der Waals surface area (Å²) in [6, 6.07) is 6.39. The predicted molar refractivity (Wildman–Crippen MR) is 76.8 cm³/mol. The molecule has 0 fully saturated rings. The fourth-order valence-electron chi connectivity index (χ4n) is 1.56. The molecule has 0 saturated carbocycles. The summed E-state index contributed by atoms with van der Waals surface area (Å²) in [5.41, 5.74) is 7.92. The average Bonchev–Trinajstić information content (AvgIpc) is 2.25. The Morgan fingerprint density at radius 2 is 2.12 bits per heavy atom. The third-order valence-electron chi connectivity index (χ3n) is 2.70. The van der Waals surface area contributed by atoms with Gasteiger partial charge in [0.15, 0.2) is 0 Å². The molecule has 0 atom stereocenters. The summed E-state index contributed by atoms with van der Waals surface area (Å²) >= 11 is 4.83. The molecule has 1 rings (SSSR count). The van der Waals surface area contributed by atoms with Crippen LogP contribution in [0.3, 0.4) is 0 Å². The minimum atomic E-state index is 0.523. The Morgan fingerprint density at radius 3 is 2.71 bits per heavy atom. The molecule has 3 heteroatoms. The fourth-order valence-corrected chi connectivity index (χ4v) is 1.70. The van der Waals surface area contributed by atoms with Crippen molar-refractivity contribution in [2.75, 3.05) is 6.61 Å². The quantitative estimate of drug-likeness (QED) is 0.620. The van der Waals surface area contributed by atoms with Crippen molar-refractivity contribution in [2.24, 2.45) is 5.73 Å². The molecule has 0 aliphatic rings. The van der Waals surface area contributed by atoms with E-state index in [1.54, 1.807) is 0 Å². The number of hydrogen-bond donors (Lipinski definition) is 1.